The van der Waals surface area contributed by atoms with Gasteiger partial charge in [-0.1, -0.05) is 81.1 Å². The lowest BCUT2D eigenvalue weighted by Gasteiger charge is -2.33. The van der Waals surface area contributed by atoms with E-state index >= 15 is 0 Å². The van der Waals surface area contributed by atoms with E-state index in [4.69, 9.17) is 4.52 Å². The summed E-state index contributed by atoms with van der Waals surface area (Å²) < 4.78 is 5.58. The van der Waals surface area contributed by atoms with E-state index in [1.54, 1.807) is 0 Å². The fourth-order valence-electron chi connectivity index (χ4n) is 4.40. The second-order valence-corrected chi connectivity index (χ2v) is 9.93. The lowest BCUT2D eigenvalue weighted by molar-refractivity contribution is 0.0586. The van der Waals surface area contributed by atoms with Crippen LogP contribution in [0, 0.1) is 6.92 Å². The molecule has 168 valence electrons. The number of aryl methyl sites for hydroxylation is 1. The molecule has 0 unspecified atom stereocenters. The van der Waals surface area contributed by atoms with Crippen LogP contribution in [0.25, 0.3) is 11.4 Å². The fourth-order valence-corrected chi connectivity index (χ4v) is 4.40. The van der Waals surface area contributed by atoms with Gasteiger partial charge in [0.05, 0.1) is 0 Å². The molecule has 5 heteroatoms. The molecule has 0 radical (unpaired) electrons. The first-order valence-corrected chi connectivity index (χ1v) is 11.6. The summed E-state index contributed by atoms with van der Waals surface area (Å²) in [7, 11) is 0. The molecule has 4 rings (SSSR count). The van der Waals surface area contributed by atoms with Gasteiger partial charge in [0.1, 0.15) is 6.54 Å². The predicted octanol–water partition coefficient (Wildman–Crippen LogP) is 6.32. The number of amides is 1. The Labute approximate surface area is 190 Å². The first-order valence-electron chi connectivity index (χ1n) is 11.6. The maximum atomic E-state index is 13.6. The summed E-state index contributed by atoms with van der Waals surface area (Å²) in [6, 6.07) is 16.3. The molecule has 1 amide bonds. The molecule has 5 nitrogen and oxygen atoms in total. The lowest BCUT2D eigenvalue weighted by atomic mass is 9.86. The van der Waals surface area contributed by atoms with Gasteiger partial charge in [0.15, 0.2) is 0 Å². The molecular weight excluding hydrogens is 398 g/mol. The molecule has 1 fully saturated rings. The third kappa shape index (κ3) is 5.09. The Balaban J connectivity index is 1.58. The van der Waals surface area contributed by atoms with Crippen LogP contribution in [-0.4, -0.2) is 27.0 Å². The van der Waals surface area contributed by atoms with Crippen molar-refractivity contribution in [3.05, 3.63) is 71.1 Å². The zero-order valence-corrected chi connectivity index (χ0v) is 19.6. The van der Waals surface area contributed by atoms with Gasteiger partial charge in [-0.05, 0) is 48.9 Å². The van der Waals surface area contributed by atoms with Crippen LogP contribution in [0.3, 0.4) is 0 Å². The van der Waals surface area contributed by atoms with Gasteiger partial charge in [-0.2, -0.15) is 4.98 Å². The van der Waals surface area contributed by atoms with E-state index in [-0.39, 0.29) is 17.4 Å². The molecule has 1 aliphatic carbocycles. The maximum absolute atomic E-state index is 13.6. The number of carbonyl (C=O) groups excluding carboxylic acids is 1. The molecule has 0 atom stereocenters. The van der Waals surface area contributed by atoms with E-state index in [1.165, 1.54) is 12.0 Å². The van der Waals surface area contributed by atoms with Crippen molar-refractivity contribution >= 4 is 5.91 Å². The Morgan fingerprint density at radius 3 is 2.44 bits per heavy atom. The molecule has 0 bridgehead atoms. The van der Waals surface area contributed by atoms with Gasteiger partial charge in [0, 0.05) is 17.2 Å². The second kappa shape index (κ2) is 9.27. The highest BCUT2D eigenvalue weighted by Crippen LogP contribution is 2.27. The number of nitrogens with zero attached hydrogens (tertiary/aromatic N) is 3. The van der Waals surface area contributed by atoms with Crippen LogP contribution < -0.4 is 0 Å². The van der Waals surface area contributed by atoms with Crippen LogP contribution in [0.2, 0.25) is 0 Å². The molecule has 0 aliphatic heterocycles. The van der Waals surface area contributed by atoms with Crippen molar-refractivity contribution in [1.29, 1.82) is 0 Å². The average Bonchev–Trinajstić information content (AvgIpc) is 3.26. The number of hydrogen-bond acceptors (Lipinski definition) is 4. The number of aromatic nitrogens is 2. The Bertz CT molecular complexity index is 1060. The first-order chi connectivity index (χ1) is 15.3. The summed E-state index contributed by atoms with van der Waals surface area (Å²) in [4.78, 5) is 20.1. The number of carbonyl (C=O) groups is 1. The van der Waals surface area contributed by atoms with Crippen molar-refractivity contribution in [2.24, 2.45) is 0 Å². The molecule has 0 saturated heterocycles. The average molecular weight is 432 g/mol. The minimum atomic E-state index is 0.0349. The van der Waals surface area contributed by atoms with E-state index in [2.05, 4.69) is 43.0 Å². The van der Waals surface area contributed by atoms with Gasteiger partial charge in [0.2, 0.25) is 11.7 Å². The van der Waals surface area contributed by atoms with Crippen molar-refractivity contribution in [1.82, 2.24) is 15.0 Å². The van der Waals surface area contributed by atoms with Gasteiger partial charge >= 0.3 is 0 Å². The van der Waals surface area contributed by atoms with Gasteiger partial charge in [-0.25, -0.2) is 0 Å². The van der Waals surface area contributed by atoms with Crippen LogP contribution in [-0.2, 0) is 12.0 Å². The number of rotatable bonds is 5. The summed E-state index contributed by atoms with van der Waals surface area (Å²) >= 11 is 0. The molecule has 1 saturated carbocycles. The van der Waals surface area contributed by atoms with Crippen LogP contribution in [0.15, 0.2) is 53.1 Å². The van der Waals surface area contributed by atoms with E-state index < -0.39 is 0 Å². The SMILES string of the molecule is Cc1cccc(-c2noc(CN(C(=O)c3ccc(C(C)(C)C)cc3)C3CCCCC3)n2)c1. The molecule has 0 N–H and O–H groups in total. The first kappa shape index (κ1) is 22.3. The highest BCUT2D eigenvalue weighted by Gasteiger charge is 2.28. The van der Waals surface area contributed by atoms with Gasteiger partial charge in [0.25, 0.3) is 5.91 Å². The minimum Gasteiger partial charge on any atom is -0.337 e. The van der Waals surface area contributed by atoms with Crippen molar-refractivity contribution in [3.8, 4) is 11.4 Å². The van der Waals surface area contributed by atoms with Crippen LogP contribution >= 0.6 is 0 Å². The molecule has 1 aliphatic rings. The van der Waals surface area contributed by atoms with Crippen molar-refractivity contribution in [2.45, 2.75) is 77.8 Å². The second-order valence-electron chi connectivity index (χ2n) is 9.93. The third-order valence-corrected chi connectivity index (χ3v) is 6.32. The Morgan fingerprint density at radius 2 is 1.78 bits per heavy atom. The summed E-state index contributed by atoms with van der Waals surface area (Å²) in [5, 5.41) is 4.17. The van der Waals surface area contributed by atoms with E-state index in [0.717, 1.165) is 36.8 Å². The largest absolute Gasteiger partial charge is 0.337 e. The van der Waals surface area contributed by atoms with Crippen molar-refractivity contribution in [3.63, 3.8) is 0 Å². The topological polar surface area (TPSA) is 59.2 Å². The van der Waals surface area contributed by atoms with Crippen LogP contribution in [0.1, 0.15) is 80.3 Å². The van der Waals surface area contributed by atoms with E-state index in [1.807, 2.05) is 48.2 Å². The highest BCUT2D eigenvalue weighted by molar-refractivity contribution is 5.94. The molecule has 32 heavy (non-hydrogen) atoms. The van der Waals surface area contributed by atoms with Crippen LogP contribution in [0.5, 0.6) is 0 Å². The molecule has 1 aromatic heterocycles. The minimum absolute atomic E-state index is 0.0349. The zero-order chi connectivity index (χ0) is 22.7. The zero-order valence-electron chi connectivity index (χ0n) is 19.6. The van der Waals surface area contributed by atoms with Gasteiger partial charge < -0.3 is 9.42 Å². The Kier molecular flexibility index (Phi) is 6.45. The normalized spacial score (nSPS) is 15.0. The quantitative estimate of drug-likeness (QED) is 0.474. The van der Waals surface area contributed by atoms with Crippen molar-refractivity contribution in [2.75, 3.05) is 0 Å². The van der Waals surface area contributed by atoms with Gasteiger partial charge in [-0.3, -0.25) is 4.79 Å². The molecule has 1 heterocycles. The third-order valence-electron chi connectivity index (χ3n) is 6.32. The summed E-state index contributed by atoms with van der Waals surface area (Å²) in [6.45, 7) is 8.92. The Morgan fingerprint density at radius 1 is 1.06 bits per heavy atom. The highest BCUT2D eigenvalue weighted by atomic mass is 16.5. The smallest absolute Gasteiger partial charge is 0.254 e. The van der Waals surface area contributed by atoms with Gasteiger partial charge in [-0.15, -0.1) is 0 Å². The number of benzene rings is 2. The standard InChI is InChI=1S/C27H33N3O2/c1-19-9-8-10-21(17-19)25-28-24(32-29-25)18-30(23-11-6-5-7-12-23)26(31)20-13-15-22(16-14-20)27(2,3)4/h8-10,13-17,23H,5-7,11-12,18H2,1-4H3. The molecule has 0 spiro atoms. The van der Waals surface area contributed by atoms with E-state index in [0.29, 0.717) is 23.8 Å². The van der Waals surface area contributed by atoms with Crippen molar-refractivity contribution < 1.29 is 9.32 Å². The molecule has 3 aromatic rings. The summed E-state index contributed by atoms with van der Waals surface area (Å²) in [5.74, 6) is 1.08. The molecule has 2 aromatic carbocycles. The predicted molar refractivity (Wildman–Crippen MR) is 126 cm³/mol. The van der Waals surface area contributed by atoms with Crippen LogP contribution in [0.4, 0.5) is 0 Å². The Hall–Kier alpha value is -2.95. The number of hydrogen-bond donors (Lipinski definition) is 0. The maximum Gasteiger partial charge on any atom is 0.254 e. The summed E-state index contributed by atoms with van der Waals surface area (Å²) in [6.07, 6.45) is 5.57. The summed E-state index contributed by atoms with van der Waals surface area (Å²) in [5.41, 5.74) is 4.06. The van der Waals surface area contributed by atoms with E-state index in [9.17, 15) is 4.79 Å². The lowest BCUT2D eigenvalue weighted by Crippen LogP contribution is -2.41. The fraction of sp³-hybridized carbons (Fsp3) is 0.444. The molecular formula is C27H33N3O2. The monoisotopic (exact) mass is 431 g/mol.